The molecule has 0 saturated heterocycles. The number of aromatic amines is 1. The number of rotatable bonds is 2. The number of nitrogens with one attached hydrogen (secondary N) is 2. The minimum atomic E-state index is -4.54. The zero-order valence-corrected chi connectivity index (χ0v) is 14.5. The van der Waals surface area contributed by atoms with Crippen LogP contribution in [0.15, 0.2) is 47.4 Å². The average Bonchev–Trinajstić information content (AvgIpc) is 3.09. The SMILES string of the molecule is CNc1ccc(-c2ccc3c(=O)[nH]cc(C)c3c2)c2cc(C(F)(F)F)nn12. The third kappa shape index (κ3) is 2.73. The van der Waals surface area contributed by atoms with Crippen LogP contribution in [0.5, 0.6) is 0 Å². The average molecular weight is 372 g/mol. The lowest BCUT2D eigenvalue weighted by atomic mass is 10.00. The fourth-order valence-corrected chi connectivity index (χ4v) is 3.21. The topological polar surface area (TPSA) is 62.2 Å². The number of anilines is 1. The van der Waals surface area contributed by atoms with E-state index in [9.17, 15) is 18.0 Å². The summed E-state index contributed by atoms with van der Waals surface area (Å²) < 4.78 is 40.7. The van der Waals surface area contributed by atoms with E-state index in [0.29, 0.717) is 27.8 Å². The van der Waals surface area contributed by atoms with Crippen molar-refractivity contribution in [3.8, 4) is 11.1 Å². The van der Waals surface area contributed by atoms with Crippen molar-refractivity contribution in [3.63, 3.8) is 0 Å². The number of hydrogen-bond acceptors (Lipinski definition) is 3. The lowest BCUT2D eigenvalue weighted by Crippen LogP contribution is -2.07. The maximum absolute atomic E-state index is 13.2. The van der Waals surface area contributed by atoms with Crippen molar-refractivity contribution in [1.82, 2.24) is 14.6 Å². The van der Waals surface area contributed by atoms with E-state index in [1.807, 2.05) is 13.0 Å². The van der Waals surface area contributed by atoms with Gasteiger partial charge in [0.25, 0.3) is 5.56 Å². The van der Waals surface area contributed by atoms with E-state index < -0.39 is 11.9 Å². The fourth-order valence-electron chi connectivity index (χ4n) is 3.21. The van der Waals surface area contributed by atoms with Crippen LogP contribution in [0.25, 0.3) is 27.4 Å². The van der Waals surface area contributed by atoms with Gasteiger partial charge in [-0.1, -0.05) is 6.07 Å². The first-order chi connectivity index (χ1) is 12.8. The summed E-state index contributed by atoms with van der Waals surface area (Å²) in [4.78, 5) is 14.6. The number of hydrogen-bond donors (Lipinski definition) is 2. The van der Waals surface area contributed by atoms with Crippen molar-refractivity contribution in [2.24, 2.45) is 0 Å². The van der Waals surface area contributed by atoms with E-state index in [1.54, 1.807) is 37.5 Å². The monoisotopic (exact) mass is 372 g/mol. The van der Waals surface area contributed by atoms with Gasteiger partial charge in [0.05, 0.1) is 5.52 Å². The molecule has 0 aliphatic rings. The first-order valence-corrected chi connectivity index (χ1v) is 8.20. The van der Waals surface area contributed by atoms with Crippen molar-refractivity contribution >= 4 is 22.1 Å². The molecule has 0 radical (unpaired) electrons. The highest BCUT2D eigenvalue weighted by Gasteiger charge is 2.34. The molecule has 4 aromatic rings. The van der Waals surface area contributed by atoms with Crippen LogP contribution < -0.4 is 10.9 Å². The van der Waals surface area contributed by atoms with E-state index in [1.165, 1.54) is 4.52 Å². The highest BCUT2D eigenvalue weighted by Crippen LogP contribution is 2.34. The van der Waals surface area contributed by atoms with Gasteiger partial charge in [0, 0.05) is 24.2 Å². The first-order valence-electron chi connectivity index (χ1n) is 8.20. The molecule has 138 valence electrons. The van der Waals surface area contributed by atoms with Gasteiger partial charge in [-0.25, -0.2) is 4.52 Å². The summed E-state index contributed by atoms with van der Waals surface area (Å²) in [6.45, 7) is 1.86. The summed E-state index contributed by atoms with van der Waals surface area (Å²) in [5.74, 6) is 0.442. The van der Waals surface area contributed by atoms with Crippen LogP contribution in [0.3, 0.4) is 0 Å². The molecule has 5 nitrogen and oxygen atoms in total. The third-order valence-corrected chi connectivity index (χ3v) is 4.59. The van der Waals surface area contributed by atoms with Gasteiger partial charge in [-0.2, -0.15) is 18.3 Å². The molecule has 0 bridgehead atoms. The minimum Gasteiger partial charge on any atom is -0.373 e. The Kier molecular flexibility index (Phi) is 3.73. The summed E-state index contributed by atoms with van der Waals surface area (Å²) in [7, 11) is 1.62. The molecule has 0 spiro atoms. The van der Waals surface area contributed by atoms with Gasteiger partial charge in [-0.3, -0.25) is 4.79 Å². The van der Waals surface area contributed by atoms with E-state index >= 15 is 0 Å². The predicted molar refractivity (Wildman–Crippen MR) is 98.0 cm³/mol. The second-order valence-corrected chi connectivity index (χ2v) is 6.27. The number of aryl methyl sites for hydroxylation is 1. The molecule has 3 aromatic heterocycles. The van der Waals surface area contributed by atoms with Gasteiger partial charge in [0.2, 0.25) is 0 Å². The van der Waals surface area contributed by atoms with Crippen LogP contribution >= 0.6 is 0 Å². The Hall–Kier alpha value is -3.29. The molecule has 1 aromatic carbocycles. The van der Waals surface area contributed by atoms with Crippen molar-refractivity contribution in [1.29, 1.82) is 0 Å². The van der Waals surface area contributed by atoms with Crippen molar-refractivity contribution in [3.05, 3.63) is 64.2 Å². The Morgan fingerprint density at radius 2 is 1.89 bits per heavy atom. The smallest absolute Gasteiger partial charge is 0.373 e. The number of nitrogens with zero attached hydrogens (tertiary/aromatic N) is 2. The molecular weight excluding hydrogens is 357 g/mol. The number of benzene rings is 1. The molecule has 0 saturated carbocycles. The normalized spacial score (nSPS) is 12.0. The molecule has 0 aliphatic carbocycles. The lowest BCUT2D eigenvalue weighted by Gasteiger charge is -2.10. The Morgan fingerprint density at radius 3 is 2.59 bits per heavy atom. The minimum absolute atomic E-state index is 0.207. The number of H-pyrrole nitrogens is 1. The first kappa shape index (κ1) is 17.1. The lowest BCUT2D eigenvalue weighted by molar-refractivity contribution is -0.141. The van der Waals surface area contributed by atoms with Crippen molar-refractivity contribution < 1.29 is 13.2 Å². The Labute approximate surface area is 151 Å². The van der Waals surface area contributed by atoms with Crippen molar-refractivity contribution in [2.75, 3.05) is 12.4 Å². The van der Waals surface area contributed by atoms with Gasteiger partial charge in [-0.05, 0) is 53.8 Å². The summed E-state index contributed by atoms with van der Waals surface area (Å²) in [5, 5.41) is 7.84. The third-order valence-electron chi connectivity index (χ3n) is 4.59. The number of fused-ring (bicyclic) bond motifs is 2. The molecule has 0 aliphatic heterocycles. The maximum Gasteiger partial charge on any atom is 0.435 e. The standard InChI is InChI=1S/C19H15F3N4O/c1-10-9-24-18(27)13-4-3-11(7-14(10)13)12-5-6-17(23-2)26-15(12)8-16(25-26)19(20,21)22/h3-9,23H,1-2H3,(H,24,27). The largest absolute Gasteiger partial charge is 0.435 e. The van der Waals surface area contributed by atoms with Crippen LogP contribution in [-0.4, -0.2) is 21.6 Å². The van der Waals surface area contributed by atoms with Crippen molar-refractivity contribution in [2.45, 2.75) is 13.1 Å². The van der Waals surface area contributed by atoms with Crippen LogP contribution in [0, 0.1) is 6.92 Å². The quantitative estimate of drug-likeness (QED) is 0.554. The molecule has 8 heteroatoms. The van der Waals surface area contributed by atoms with Gasteiger partial charge >= 0.3 is 6.18 Å². The van der Waals surface area contributed by atoms with E-state index in [0.717, 1.165) is 17.0 Å². The molecule has 0 unspecified atom stereocenters. The number of pyridine rings is 2. The summed E-state index contributed by atoms with van der Waals surface area (Å²) >= 11 is 0. The van der Waals surface area contributed by atoms with E-state index in [2.05, 4.69) is 15.4 Å². The summed E-state index contributed by atoms with van der Waals surface area (Å²) in [6, 6.07) is 9.67. The van der Waals surface area contributed by atoms with E-state index in [-0.39, 0.29) is 5.56 Å². The molecule has 0 atom stereocenters. The predicted octanol–water partition coefficient (Wildman–Crippen LogP) is 4.21. The zero-order chi connectivity index (χ0) is 19.3. The number of halogens is 3. The Morgan fingerprint density at radius 1 is 1.11 bits per heavy atom. The Balaban J connectivity index is 2.02. The van der Waals surface area contributed by atoms with E-state index in [4.69, 9.17) is 0 Å². The molecular formula is C19H15F3N4O. The van der Waals surface area contributed by atoms with Crippen LogP contribution in [-0.2, 0) is 6.18 Å². The summed E-state index contributed by atoms with van der Waals surface area (Å²) in [6.07, 6.45) is -2.92. The summed E-state index contributed by atoms with van der Waals surface area (Å²) in [5.41, 5.74) is 1.34. The highest BCUT2D eigenvalue weighted by molar-refractivity contribution is 5.92. The van der Waals surface area contributed by atoms with Gasteiger partial charge < -0.3 is 10.3 Å². The maximum atomic E-state index is 13.2. The molecule has 2 N–H and O–H groups in total. The Bertz CT molecular complexity index is 1240. The van der Waals surface area contributed by atoms with Crippen LogP contribution in [0.2, 0.25) is 0 Å². The number of aromatic nitrogens is 3. The van der Waals surface area contributed by atoms with Crippen LogP contribution in [0.1, 0.15) is 11.3 Å². The zero-order valence-electron chi connectivity index (χ0n) is 14.5. The molecule has 27 heavy (non-hydrogen) atoms. The molecule has 3 heterocycles. The molecule has 4 rings (SSSR count). The van der Waals surface area contributed by atoms with Gasteiger partial charge in [0.1, 0.15) is 5.82 Å². The molecule has 0 amide bonds. The fraction of sp³-hybridized carbons (Fsp3) is 0.158. The molecule has 0 fully saturated rings. The van der Waals surface area contributed by atoms with Crippen LogP contribution in [0.4, 0.5) is 19.0 Å². The second-order valence-electron chi connectivity index (χ2n) is 6.27. The highest BCUT2D eigenvalue weighted by atomic mass is 19.4. The van der Waals surface area contributed by atoms with Gasteiger partial charge in [-0.15, -0.1) is 0 Å². The van der Waals surface area contributed by atoms with Gasteiger partial charge in [0.15, 0.2) is 5.69 Å². The number of alkyl halides is 3. The second kappa shape index (κ2) is 5.87.